The van der Waals surface area contributed by atoms with Crippen LogP contribution in [0.2, 0.25) is 0 Å². The average Bonchev–Trinajstić information content (AvgIpc) is 3.48. The number of rotatable bonds is 8. The Hall–Kier alpha value is -5.88. The van der Waals surface area contributed by atoms with Gasteiger partial charge in [-0.25, -0.2) is 9.59 Å². The van der Waals surface area contributed by atoms with Crippen LogP contribution in [0.4, 0.5) is 11.4 Å². The third-order valence-corrected chi connectivity index (χ3v) is 8.11. The van der Waals surface area contributed by atoms with E-state index in [9.17, 15) is 9.59 Å². The molecule has 0 aliphatic rings. The quantitative estimate of drug-likeness (QED) is 0.174. The second-order valence-corrected chi connectivity index (χ2v) is 10.9. The predicted octanol–water partition coefficient (Wildman–Crippen LogP) is 10.2. The van der Waals surface area contributed by atoms with Gasteiger partial charge in [0.05, 0.1) is 30.0 Å². The molecule has 0 aliphatic carbocycles. The third kappa shape index (κ3) is 5.24. The molecule has 0 radical (unpaired) electrons. The molecule has 1 N–H and O–H groups in total. The maximum absolute atomic E-state index is 13.4. The molecule has 7 rings (SSSR count). The zero-order valence-electron chi connectivity index (χ0n) is 25.5. The molecule has 0 fully saturated rings. The number of para-hydroxylation sites is 2. The zero-order valence-corrected chi connectivity index (χ0v) is 25.5. The van der Waals surface area contributed by atoms with E-state index in [2.05, 4.69) is 17.4 Å². The molecule has 1 aromatic heterocycles. The number of hydrogen-bond donors (Lipinski definition) is 1. The first-order chi connectivity index (χ1) is 22.6. The molecule has 7 aromatic rings. The van der Waals surface area contributed by atoms with Crippen molar-refractivity contribution in [3.8, 4) is 22.3 Å². The van der Waals surface area contributed by atoms with E-state index in [1.165, 1.54) is 0 Å². The number of anilines is 2. The highest BCUT2D eigenvalue weighted by Crippen LogP contribution is 2.38. The highest BCUT2D eigenvalue weighted by atomic mass is 16.5. The Bertz CT molecular complexity index is 2240. The van der Waals surface area contributed by atoms with E-state index in [0.29, 0.717) is 22.3 Å². The molecule has 0 saturated carbocycles. The van der Waals surface area contributed by atoms with Crippen LogP contribution in [0.15, 0.2) is 126 Å². The first kappa shape index (κ1) is 28.9. The van der Waals surface area contributed by atoms with E-state index in [1.807, 2.05) is 97.1 Å². The molecule has 1 heterocycles. The van der Waals surface area contributed by atoms with Crippen LogP contribution in [-0.2, 0) is 9.47 Å². The normalized spacial score (nSPS) is 11.2. The Morgan fingerprint density at radius 3 is 1.98 bits per heavy atom. The number of furan rings is 1. The molecule has 46 heavy (non-hydrogen) atoms. The van der Waals surface area contributed by atoms with Crippen molar-refractivity contribution in [2.24, 2.45) is 0 Å². The van der Waals surface area contributed by atoms with Gasteiger partial charge in [-0.2, -0.15) is 0 Å². The number of carbonyl (C=O) groups is 2. The second-order valence-electron chi connectivity index (χ2n) is 10.9. The van der Waals surface area contributed by atoms with Crippen molar-refractivity contribution in [2.45, 2.75) is 13.8 Å². The number of ether oxygens (including phenoxy) is 2. The average molecular weight is 606 g/mol. The fourth-order valence-electron chi connectivity index (χ4n) is 6.01. The number of fused-ring (bicyclic) bond motifs is 4. The minimum Gasteiger partial charge on any atom is -0.462 e. The fraction of sp³-hybridized carbons (Fsp3) is 0.100. The highest BCUT2D eigenvalue weighted by Gasteiger charge is 2.24. The van der Waals surface area contributed by atoms with Crippen molar-refractivity contribution in [2.75, 3.05) is 18.5 Å². The largest absolute Gasteiger partial charge is 0.462 e. The highest BCUT2D eigenvalue weighted by molar-refractivity contribution is 6.10. The Kier molecular flexibility index (Phi) is 7.69. The van der Waals surface area contributed by atoms with Crippen LogP contribution in [0.3, 0.4) is 0 Å². The van der Waals surface area contributed by atoms with Crippen molar-refractivity contribution in [3.05, 3.63) is 132 Å². The van der Waals surface area contributed by atoms with E-state index < -0.39 is 11.9 Å². The molecule has 0 saturated heterocycles. The summed E-state index contributed by atoms with van der Waals surface area (Å²) in [7, 11) is 0. The summed E-state index contributed by atoms with van der Waals surface area (Å²) in [5, 5.41) is 7.57. The standard InChI is InChI=1S/C40H31NO5/c1-3-44-39(42)34-24-33(29-15-9-12-25-11-5-6-13-28(25)29)35(40(43)45-4-2)23-32(34)26-19-21-27(22-20-26)41-36-17-10-16-31-30-14-7-8-18-37(30)46-38(31)36/h5-24,41H,3-4H2,1-2H3. The topological polar surface area (TPSA) is 77.8 Å². The smallest absolute Gasteiger partial charge is 0.338 e. The lowest BCUT2D eigenvalue weighted by molar-refractivity contribution is 0.0513. The lowest BCUT2D eigenvalue weighted by Crippen LogP contribution is -2.12. The Morgan fingerprint density at radius 1 is 0.609 bits per heavy atom. The molecule has 6 nitrogen and oxygen atoms in total. The second kappa shape index (κ2) is 12.3. The van der Waals surface area contributed by atoms with Crippen molar-refractivity contribution < 1.29 is 23.5 Å². The summed E-state index contributed by atoms with van der Waals surface area (Å²) in [5.41, 5.74) is 6.81. The molecular weight excluding hydrogens is 574 g/mol. The number of carbonyl (C=O) groups excluding carboxylic acids is 2. The molecule has 226 valence electrons. The first-order valence-electron chi connectivity index (χ1n) is 15.3. The van der Waals surface area contributed by atoms with Crippen LogP contribution < -0.4 is 5.32 Å². The van der Waals surface area contributed by atoms with Gasteiger partial charge in [0.2, 0.25) is 0 Å². The van der Waals surface area contributed by atoms with Crippen LogP contribution >= 0.6 is 0 Å². The zero-order chi connectivity index (χ0) is 31.6. The summed E-state index contributed by atoms with van der Waals surface area (Å²) in [5.74, 6) is -0.924. The molecule has 0 amide bonds. The fourth-order valence-corrected chi connectivity index (χ4v) is 6.01. The Balaban J connectivity index is 1.33. The van der Waals surface area contributed by atoms with Crippen LogP contribution in [0.5, 0.6) is 0 Å². The monoisotopic (exact) mass is 605 g/mol. The van der Waals surface area contributed by atoms with Gasteiger partial charge in [-0.05, 0) is 83.3 Å². The van der Waals surface area contributed by atoms with Gasteiger partial charge in [0.15, 0.2) is 5.58 Å². The van der Waals surface area contributed by atoms with Crippen molar-refractivity contribution in [1.82, 2.24) is 0 Å². The first-order valence-corrected chi connectivity index (χ1v) is 15.3. The van der Waals surface area contributed by atoms with Crippen molar-refractivity contribution in [1.29, 1.82) is 0 Å². The Morgan fingerprint density at radius 2 is 1.22 bits per heavy atom. The van der Waals surface area contributed by atoms with E-state index in [-0.39, 0.29) is 13.2 Å². The van der Waals surface area contributed by atoms with Gasteiger partial charge in [0.1, 0.15) is 5.58 Å². The molecule has 0 atom stereocenters. The number of benzene rings is 6. The predicted molar refractivity (Wildman–Crippen MR) is 184 cm³/mol. The van der Waals surface area contributed by atoms with Crippen molar-refractivity contribution in [3.63, 3.8) is 0 Å². The van der Waals surface area contributed by atoms with Gasteiger partial charge < -0.3 is 19.2 Å². The molecule has 0 aliphatic heterocycles. The molecule has 6 aromatic carbocycles. The van der Waals surface area contributed by atoms with Gasteiger partial charge in [0, 0.05) is 16.5 Å². The lowest BCUT2D eigenvalue weighted by atomic mass is 9.88. The third-order valence-electron chi connectivity index (χ3n) is 8.11. The SMILES string of the molecule is CCOC(=O)c1cc(-c2cccc3ccccc23)c(C(=O)OCC)cc1-c1ccc(Nc2cccc3c2oc2ccccc23)cc1. The van der Waals surface area contributed by atoms with Crippen molar-refractivity contribution >= 4 is 56.0 Å². The van der Waals surface area contributed by atoms with E-state index >= 15 is 0 Å². The minimum absolute atomic E-state index is 0.220. The molecule has 0 bridgehead atoms. The minimum atomic E-state index is -0.465. The summed E-state index contributed by atoms with van der Waals surface area (Å²) in [6.07, 6.45) is 0. The summed E-state index contributed by atoms with van der Waals surface area (Å²) >= 11 is 0. The summed E-state index contributed by atoms with van der Waals surface area (Å²) in [4.78, 5) is 26.9. The van der Waals surface area contributed by atoms with Gasteiger partial charge in [0.25, 0.3) is 0 Å². The van der Waals surface area contributed by atoms with Gasteiger partial charge in [-0.15, -0.1) is 0 Å². The van der Waals surface area contributed by atoms with Crippen LogP contribution in [0.1, 0.15) is 34.6 Å². The summed E-state index contributed by atoms with van der Waals surface area (Å²) < 4.78 is 17.2. The van der Waals surface area contributed by atoms with E-state index in [4.69, 9.17) is 13.9 Å². The van der Waals surface area contributed by atoms with Crippen LogP contribution in [0.25, 0.3) is 55.0 Å². The molecular formula is C40H31NO5. The van der Waals surface area contributed by atoms with Gasteiger partial charge in [-0.3, -0.25) is 0 Å². The molecule has 0 unspecified atom stereocenters. The van der Waals surface area contributed by atoms with Gasteiger partial charge >= 0.3 is 11.9 Å². The summed E-state index contributed by atoms with van der Waals surface area (Å²) in [6.45, 7) is 4.00. The molecule has 6 heteroatoms. The van der Waals surface area contributed by atoms with Crippen LogP contribution in [0, 0.1) is 0 Å². The number of esters is 2. The maximum atomic E-state index is 13.4. The number of nitrogens with one attached hydrogen (secondary N) is 1. The van der Waals surface area contributed by atoms with E-state index in [1.54, 1.807) is 26.0 Å². The van der Waals surface area contributed by atoms with E-state index in [0.717, 1.165) is 55.2 Å². The maximum Gasteiger partial charge on any atom is 0.338 e. The van der Waals surface area contributed by atoms with Crippen LogP contribution in [-0.4, -0.2) is 25.2 Å². The van der Waals surface area contributed by atoms with Gasteiger partial charge in [-0.1, -0.05) is 84.9 Å². The Labute approximate surface area is 266 Å². The number of hydrogen-bond acceptors (Lipinski definition) is 6. The molecule has 0 spiro atoms. The summed E-state index contributed by atoms with van der Waals surface area (Å²) in [6, 6.07) is 39.1. The lowest BCUT2D eigenvalue weighted by Gasteiger charge is -2.17.